The molecule has 2 saturated heterocycles. The minimum atomic E-state index is -4.79. The topological polar surface area (TPSA) is 61.4 Å². The number of alkyl halides is 3. The first-order valence-corrected chi connectivity index (χ1v) is 6.17. The van der Waals surface area contributed by atoms with E-state index in [1.54, 1.807) is 5.32 Å². The molecular formula is C11H16F3N3O2. The monoisotopic (exact) mass is 279 g/mol. The summed E-state index contributed by atoms with van der Waals surface area (Å²) in [7, 11) is 0. The van der Waals surface area contributed by atoms with Crippen LogP contribution in [0, 0.1) is 5.92 Å². The number of halogens is 3. The summed E-state index contributed by atoms with van der Waals surface area (Å²) in [5, 5.41) is 4.88. The van der Waals surface area contributed by atoms with Crippen LogP contribution >= 0.6 is 0 Å². The molecule has 3 amide bonds. The van der Waals surface area contributed by atoms with E-state index in [-0.39, 0.29) is 12.5 Å². The van der Waals surface area contributed by atoms with Gasteiger partial charge < -0.3 is 10.6 Å². The summed E-state index contributed by atoms with van der Waals surface area (Å²) in [6.45, 7) is 2.27. The molecule has 0 spiro atoms. The maximum atomic E-state index is 12.8. The van der Waals surface area contributed by atoms with E-state index in [1.165, 1.54) is 0 Å². The van der Waals surface area contributed by atoms with Gasteiger partial charge in [0, 0.05) is 6.54 Å². The first-order valence-electron chi connectivity index (χ1n) is 6.17. The summed E-state index contributed by atoms with van der Waals surface area (Å²) in [6.07, 6.45) is -3.29. The van der Waals surface area contributed by atoms with Crippen LogP contribution in [0.5, 0.6) is 0 Å². The molecule has 0 aromatic carbocycles. The lowest BCUT2D eigenvalue weighted by Crippen LogP contribution is -2.56. The van der Waals surface area contributed by atoms with Crippen LogP contribution in [0.4, 0.5) is 18.0 Å². The smallest absolute Gasteiger partial charge is 0.317 e. The number of nitrogens with zero attached hydrogens (tertiary/aromatic N) is 1. The van der Waals surface area contributed by atoms with Crippen LogP contribution in [0.3, 0.4) is 0 Å². The number of nitrogens with one attached hydrogen (secondary N) is 2. The first kappa shape index (κ1) is 14.1. The molecule has 0 aromatic heterocycles. The third-order valence-corrected chi connectivity index (χ3v) is 3.74. The van der Waals surface area contributed by atoms with Crippen LogP contribution in [-0.2, 0) is 4.79 Å². The molecule has 5 nitrogen and oxygen atoms in total. The van der Waals surface area contributed by atoms with Gasteiger partial charge in [-0.15, -0.1) is 0 Å². The van der Waals surface area contributed by atoms with E-state index >= 15 is 0 Å². The summed E-state index contributed by atoms with van der Waals surface area (Å²) in [5.41, 5.74) is -2.79. The van der Waals surface area contributed by atoms with E-state index in [0.717, 1.165) is 25.9 Å². The fourth-order valence-electron chi connectivity index (χ4n) is 2.38. The van der Waals surface area contributed by atoms with Gasteiger partial charge in [-0.05, 0) is 38.8 Å². The van der Waals surface area contributed by atoms with Crippen molar-refractivity contribution in [3.63, 3.8) is 0 Å². The van der Waals surface area contributed by atoms with E-state index in [0.29, 0.717) is 11.8 Å². The number of piperidine rings is 1. The third-order valence-electron chi connectivity index (χ3n) is 3.74. The number of carbonyl (C=O) groups excluding carboxylic acids is 2. The molecule has 2 N–H and O–H groups in total. The number of carbonyl (C=O) groups is 2. The summed E-state index contributed by atoms with van der Waals surface area (Å²) in [4.78, 5) is 24.2. The van der Waals surface area contributed by atoms with Crippen molar-refractivity contribution in [1.82, 2.24) is 15.5 Å². The van der Waals surface area contributed by atoms with Crippen molar-refractivity contribution in [3.05, 3.63) is 0 Å². The Kier molecular flexibility index (Phi) is 3.46. The second-order valence-corrected chi connectivity index (χ2v) is 5.16. The molecule has 0 aliphatic carbocycles. The van der Waals surface area contributed by atoms with Gasteiger partial charge >= 0.3 is 12.2 Å². The Balaban J connectivity index is 2.10. The van der Waals surface area contributed by atoms with Crippen LogP contribution in [0.15, 0.2) is 0 Å². The fraction of sp³-hybridized carbons (Fsp3) is 0.818. The van der Waals surface area contributed by atoms with Gasteiger partial charge in [0.25, 0.3) is 5.91 Å². The molecule has 0 aromatic rings. The lowest BCUT2D eigenvalue weighted by molar-refractivity contribution is -0.191. The molecule has 2 aliphatic rings. The molecular weight excluding hydrogens is 263 g/mol. The Hall–Kier alpha value is -1.31. The Morgan fingerprint density at radius 2 is 1.89 bits per heavy atom. The molecule has 2 fully saturated rings. The van der Waals surface area contributed by atoms with E-state index in [2.05, 4.69) is 5.32 Å². The largest absolute Gasteiger partial charge is 0.420 e. The average Bonchev–Trinajstić information content (AvgIpc) is 2.55. The summed E-state index contributed by atoms with van der Waals surface area (Å²) in [6, 6.07) is -0.955. The molecule has 108 valence electrons. The Bertz CT molecular complexity index is 393. The van der Waals surface area contributed by atoms with Gasteiger partial charge in [0.15, 0.2) is 0 Å². The first-order chi connectivity index (χ1) is 8.75. The lowest BCUT2D eigenvalue weighted by Gasteiger charge is -2.27. The quantitative estimate of drug-likeness (QED) is 0.737. The minimum absolute atomic E-state index is 0.0536. The number of hydrogen-bond donors (Lipinski definition) is 2. The molecule has 2 rings (SSSR count). The van der Waals surface area contributed by atoms with Gasteiger partial charge in [0.2, 0.25) is 5.54 Å². The van der Waals surface area contributed by atoms with Gasteiger partial charge in [-0.2, -0.15) is 13.2 Å². The SMILES string of the molecule is CC1(C(F)(F)F)NC(=O)N(CC2CCNCC2)C1=O. The average molecular weight is 279 g/mol. The Morgan fingerprint density at radius 3 is 2.37 bits per heavy atom. The van der Waals surface area contributed by atoms with Crippen molar-refractivity contribution < 1.29 is 22.8 Å². The molecule has 8 heteroatoms. The van der Waals surface area contributed by atoms with Gasteiger partial charge in [-0.25, -0.2) is 4.79 Å². The number of imide groups is 1. The Morgan fingerprint density at radius 1 is 1.32 bits per heavy atom. The van der Waals surface area contributed by atoms with E-state index < -0.39 is 23.7 Å². The van der Waals surface area contributed by atoms with Crippen molar-refractivity contribution >= 4 is 11.9 Å². The normalized spacial score (nSPS) is 29.8. The fourth-order valence-corrected chi connectivity index (χ4v) is 2.38. The third kappa shape index (κ3) is 2.41. The van der Waals surface area contributed by atoms with Gasteiger partial charge in [-0.1, -0.05) is 0 Å². The highest BCUT2D eigenvalue weighted by molar-refractivity contribution is 6.07. The summed E-state index contributed by atoms with van der Waals surface area (Å²) < 4.78 is 38.5. The van der Waals surface area contributed by atoms with Gasteiger partial charge in [-0.3, -0.25) is 9.69 Å². The van der Waals surface area contributed by atoms with Crippen LogP contribution in [0.25, 0.3) is 0 Å². The van der Waals surface area contributed by atoms with Crippen LogP contribution in [0.2, 0.25) is 0 Å². The molecule has 2 heterocycles. The number of hydrogen-bond acceptors (Lipinski definition) is 3. The number of rotatable bonds is 2. The number of urea groups is 1. The highest BCUT2D eigenvalue weighted by atomic mass is 19.4. The highest BCUT2D eigenvalue weighted by Crippen LogP contribution is 2.35. The van der Waals surface area contributed by atoms with Gasteiger partial charge in [0.05, 0.1) is 0 Å². The van der Waals surface area contributed by atoms with Crippen molar-refractivity contribution in [3.8, 4) is 0 Å². The van der Waals surface area contributed by atoms with Crippen molar-refractivity contribution in [2.75, 3.05) is 19.6 Å². The summed E-state index contributed by atoms with van der Waals surface area (Å²) >= 11 is 0. The molecule has 1 atom stereocenters. The Labute approximate surface area is 108 Å². The van der Waals surface area contributed by atoms with Crippen LogP contribution in [0.1, 0.15) is 19.8 Å². The molecule has 0 bridgehead atoms. The van der Waals surface area contributed by atoms with Gasteiger partial charge in [0.1, 0.15) is 0 Å². The standard InChI is InChI=1S/C11H16F3N3O2/c1-10(11(12,13)14)8(18)17(9(19)16-10)6-7-2-4-15-5-3-7/h7,15H,2-6H2,1H3,(H,16,19). The van der Waals surface area contributed by atoms with E-state index in [9.17, 15) is 22.8 Å². The van der Waals surface area contributed by atoms with Crippen molar-refractivity contribution in [2.24, 2.45) is 5.92 Å². The highest BCUT2D eigenvalue weighted by Gasteiger charge is 2.64. The zero-order valence-corrected chi connectivity index (χ0v) is 10.5. The maximum Gasteiger partial charge on any atom is 0.420 e. The van der Waals surface area contributed by atoms with Crippen molar-refractivity contribution in [1.29, 1.82) is 0 Å². The predicted molar refractivity (Wildman–Crippen MR) is 60.3 cm³/mol. The molecule has 0 saturated carbocycles. The summed E-state index contributed by atoms with van der Waals surface area (Å²) in [5.74, 6) is -1.14. The van der Waals surface area contributed by atoms with Crippen molar-refractivity contribution in [2.45, 2.75) is 31.5 Å². The molecule has 2 aliphatic heterocycles. The zero-order valence-electron chi connectivity index (χ0n) is 10.5. The zero-order chi connectivity index (χ0) is 14.3. The van der Waals surface area contributed by atoms with E-state index in [1.807, 2.05) is 0 Å². The number of amides is 3. The van der Waals surface area contributed by atoms with Crippen LogP contribution in [-0.4, -0.2) is 48.2 Å². The minimum Gasteiger partial charge on any atom is -0.317 e. The molecule has 0 radical (unpaired) electrons. The second kappa shape index (κ2) is 4.66. The van der Waals surface area contributed by atoms with E-state index in [4.69, 9.17) is 0 Å². The maximum absolute atomic E-state index is 12.8. The van der Waals surface area contributed by atoms with Crippen LogP contribution < -0.4 is 10.6 Å². The lowest BCUT2D eigenvalue weighted by atomic mass is 9.96. The molecule has 1 unspecified atom stereocenters. The predicted octanol–water partition coefficient (Wildman–Crippen LogP) is 0.859. The second-order valence-electron chi connectivity index (χ2n) is 5.16. The molecule has 19 heavy (non-hydrogen) atoms.